The van der Waals surface area contributed by atoms with E-state index in [-0.39, 0.29) is 28.2 Å². The van der Waals surface area contributed by atoms with Crippen LogP contribution < -0.4 is 15.0 Å². The summed E-state index contributed by atoms with van der Waals surface area (Å²) in [6, 6.07) is 35.4. The van der Waals surface area contributed by atoms with E-state index in [0.717, 1.165) is 54.3 Å². The highest BCUT2D eigenvalue weighted by Crippen LogP contribution is 2.27. The van der Waals surface area contributed by atoms with Gasteiger partial charge in [0.1, 0.15) is 16.0 Å². The molecule has 2 unspecified atom stereocenters. The molecule has 2 amide bonds. The van der Waals surface area contributed by atoms with E-state index in [1.807, 2.05) is 84.9 Å². The number of hydrogen-bond donors (Lipinski definition) is 1. The minimum Gasteiger partial charge on any atom is -0.497 e. The van der Waals surface area contributed by atoms with Crippen molar-refractivity contribution in [3.8, 4) is 16.9 Å². The zero-order valence-electron chi connectivity index (χ0n) is 28.6. The fourth-order valence-electron chi connectivity index (χ4n) is 6.85. The molecule has 2 aliphatic rings. The predicted octanol–water partition coefficient (Wildman–Crippen LogP) is 6.51. The number of carbonyl (C=O) groups is 2. The lowest BCUT2D eigenvalue weighted by atomic mass is 9.98. The number of amides is 2. The monoisotopic (exact) mass is 788 g/mol. The number of anilines is 1. The van der Waals surface area contributed by atoms with Crippen molar-refractivity contribution in [3.05, 3.63) is 120 Å². The van der Waals surface area contributed by atoms with Crippen molar-refractivity contribution in [2.45, 2.75) is 35.1 Å². The molecule has 1 N–H and O–H groups in total. The molecular weight excluding hydrogens is 743 g/mol. The Morgan fingerprint density at radius 2 is 1.44 bits per heavy atom. The SMILES string of the molecule is COc1ccc(N2CCN([C@@H]3CCN(C(=O)NC(Cc4ccccc4)C(I)OC)C[C@H]3OC(=O)c3ccc(-c4ccccc4)cc3)CC2)cc1. The summed E-state index contributed by atoms with van der Waals surface area (Å²) in [5.41, 5.74) is 4.89. The minimum absolute atomic E-state index is 0.0129. The topological polar surface area (TPSA) is 83.6 Å². The summed E-state index contributed by atoms with van der Waals surface area (Å²) in [5, 5.41) is 3.22. The summed E-state index contributed by atoms with van der Waals surface area (Å²) >= 11 is 2.23. The number of hydrogen-bond acceptors (Lipinski definition) is 7. The number of likely N-dealkylation sites (tertiary alicyclic amines) is 1. The third-order valence-corrected chi connectivity index (χ3v) is 11.0. The lowest BCUT2D eigenvalue weighted by Crippen LogP contribution is -2.62. The van der Waals surface area contributed by atoms with E-state index in [1.165, 1.54) is 0 Å². The third-order valence-electron chi connectivity index (χ3n) is 9.67. The van der Waals surface area contributed by atoms with Gasteiger partial charge in [-0.05, 0) is 88.5 Å². The number of piperidine rings is 1. The largest absolute Gasteiger partial charge is 0.497 e. The number of nitrogens with one attached hydrogen (secondary N) is 1. The van der Waals surface area contributed by atoms with E-state index in [0.29, 0.717) is 31.5 Å². The van der Waals surface area contributed by atoms with E-state index in [2.05, 4.69) is 62.0 Å². The molecule has 0 spiro atoms. The van der Waals surface area contributed by atoms with Gasteiger partial charge in [0.2, 0.25) is 0 Å². The molecule has 4 aromatic carbocycles. The Morgan fingerprint density at radius 1 is 0.800 bits per heavy atom. The quantitative estimate of drug-likeness (QED) is 0.106. The smallest absolute Gasteiger partial charge is 0.338 e. The highest BCUT2D eigenvalue weighted by Gasteiger charge is 2.39. The molecular formula is C40H45IN4O5. The molecule has 4 aromatic rings. The normalized spacial score (nSPS) is 19.3. The first-order chi connectivity index (χ1) is 24.4. The molecule has 0 aromatic heterocycles. The Balaban J connectivity index is 1.16. The second-order valence-corrected chi connectivity index (χ2v) is 14.0. The van der Waals surface area contributed by atoms with Crippen LogP contribution in [0.1, 0.15) is 22.3 Å². The van der Waals surface area contributed by atoms with Gasteiger partial charge in [-0.3, -0.25) is 4.90 Å². The first kappa shape index (κ1) is 35.7. The number of benzene rings is 4. The second-order valence-electron chi connectivity index (χ2n) is 12.7. The lowest BCUT2D eigenvalue weighted by Gasteiger charge is -2.46. The van der Waals surface area contributed by atoms with Gasteiger partial charge in [0.15, 0.2) is 0 Å². The van der Waals surface area contributed by atoms with Crippen molar-refractivity contribution >= 4 is 40.3 Å². The Kier molecular flexibility index (Phi) is 12.3. The zero-order chi connectivity index (χ0) is 34.9. The number of halogens is 1. The van der Waals surface area contributed by atoms with Crippen LogP contribution in [0.2, 0.25) is 0 Å². The highest BCUT2D eigenvalue weighted by atomic mass is 127. The van der Waals surface area contributed by atoms with Gasteiger partial charge in [0.05, 0.1) is 31.3 Å². The summed E-state index contributed by atoms with van der Waals surface area (Å²) in [7, 11) is 3.33. The number of ether oxygens (including phenoxy) is 3. The van der Waals surface area contributed by atoms with Gasteiger partial charge in [-0.15, -0.1) is 0 Å². The predicted molar refractivity (Wildman–Crippen MR) is 205 cm³/mol. The molecule has 50 heavy (non-hydrogen) atoms. The van der Waals surface area contributed by atoms with E-state index in [9.17, 15) is 9.59 Å². The Bertz CT molecular complexity index is 1670. The molecule has 0 saturated carbocycles. The van der Waals surface area contributed by atoms with Crippen molar-refractivity contribution in [3.63, 3.8) is 0 Å². The number of rotatable bonds is 11. The van der Waals surface area contributed by atoms with Crippen LogP contribution in [0, 0.1) is 0 Å². The van der Waals surface area contributed by atoms with Crippen molar-refractivity contribution < 1.29 is 23.8 Å². The molecule has 0 radical (unpaired) electrons. The minimum atomic E-state index is -0.492. The van der Waals surface area contributed by atoms with E-state index < -0.39 is 6.10 Å². The van der Waals surface area contributed by atoms with Gasteiger partial charge in [0, 0.05) is 45.5 Å². The summed E-state index contributed by atoms with van der Waals surface area (Å²) in [6.45, 7) is 4.22. The van der Waals surface area contributed by atoms with Gasteiger partial charge in [-0.2, -0.15) is 0 Å². The van der Waals surface area contributed by atoms with E-state index >= 15 is 0 Å². The Labute approximate surface area is 308 Å². The van der Waals surface area contributed by atoms with E-state index in [1.54, 1.807) is 19.1 Å². The first-order valence-electron chi connectivity index (χ1n) is 17.2. The first-order valence-corrected chi connectivity index (χ1v) is 18.4. The molecule has 2 heterocycles. The molecule has 2 saturated heterocycles. The summed E-state index contributed by atoms with van der Waals surface area (Å²) in [4.78, 5) is 34.1. The maximum absolute atomic E-state index is 13.8. The van der Waals surface area contributed by atoms with Crippen molar-refractivity contribution in [2.75, 3.05) is 58.4 Å². The van der Waals surface area contributed by atoms with Crippen molar-refractivity contribution in [1.82, 2.24) is 15.1 Å². The van der Waals surface area contributed by atoms with Crippen molar-refractivity contribution in [2.24, 2.45) is 0 Å². The fraction of sp³-hybridized carbons (Fsp3) is 0.350. The zero-order valence-corrected chi connectivity index (χ0v) is 30.8. The van der Waals surface area contributed by atoms with Crippen LogP contribution in [-0.2, 0) is 15.9 Å². The average Bonchev–Trinajstić information content (AvgIpc) is 3.18. The summed E-state index contributed by atoms with van der Waals surface area (Å²) < 4.78 is 17.1. The number of piperazine rings is 1. The Hall–Kier alpha value is -4.13. The van der Waals surface area contributed by atoms with Crippen LogP contribution in [0.25, 0.3) is 11.1 Å². The van der Waals surface area contributed by atoms with Crippen LogP contribution in [-0.4, -0.2) is 97.6 Å². The lowest BCUT2D eigenvalue weighted by molar-refractivity contribution is -0.0314. The van der Waals surface area contributed by atoms with Gasteiger partial charge in [0.25, 0.3) is 0 Å². The van der Waals surface area contributed by atoms with Crippen LogP contribution in [0.4, 0.5) is 10.5 Å². The number of nitrogens with zero attached hydrogens (tertiary/aromatic N) is 3. The number of esters is 1. The van der Waals surface area contributed by atoms with Gasteiger partial charge in [-0.25, -0.2) is 9.59 Å². The number of alkyl halides is 1. The van der Waals surface area contributed by atoms with Gasteiger partial charge < -0.3 is 29.3 Å². The van der Waals surface area contributed by atoms with Crippen LogP contribution >= 0.6 is 22.6 Å². The molecule has 0 aliphatic carbocycles. The molecule has 4 atom stereocenters. The number of urea groups is 1. The van der Waals surface area contributed by atoms with Gasteiger partial charge >= 0.3 is 12.0 Å². The molecule has 0 bridgehead atoms. The molecule has 10 heteroatoms. The molecule has 262 valence electrons. The number of carbonyl (C=O) groups excluding carboxylic acids is 2. The Morgan fingerprint density at radius 3 is 2.08 bits per heavy atom. The molecule has 6 rings (SSSR count). The summed E-state index contributed by atoms with van der Waals surface area (Å²) in [5.74, 6) is 0.456. The molecule has 2 aliphatic heterocycles. The summed E-state index contributed by atoms with van der Waals surface area (Å²) in [6.07, 6.45) is 0.844. The number of methoxy groups -OCH3 is 2. The maximum atomic E-state index is 13.8. The maximum Gasteiger partial charge on any atom is 0.338 e. The fourth-order valence-corrected chi connectivity index (χ4v) is 7.29. The standard InChI is InChI=1S/C40H45IN4O5/c1-48-34-19-17-33(18-20-34)43-23-25-44(26-24-43)36-21-22-45(40(47)42-35(38(41)49-2)27-29-9-5-3-6-10-29)28-37(36)50-39(46)32-15-13-31(14-16-32)30-11-7-4-8-12-30/h3-20,35-38H,21-28H2,1-2H3,(H,42,47)/t35?,36-,37-,38?/m1/s1. The van der Waals surface area contributed by atoms with Crippen LogP contribution in [0.5, 0.6) is 5.75 Å². The van der Waals surface area contributed by atoms with Crippen LogP contribution in [0.3, 0.4) is 0 Å². The van der Waals surface area contributed by atoms with Crippen molar-refractivity contribution in [1.29, 1.82) is 0 Å². The average molecular weight is 789 g/mol. The second kappa shape index (κ2) is 17.2. The molecule has 2 fully saturated rings. The molecule has 9 nitrogen and oxygen atoms in total. The highest BCUT2D eigenvalue weighted by molar-refractivity contribution is 14.1. The van der Waals surface area contributed by atoms with Gasteiger partial charge in [-0.1, -0.05) is 72.8 Å². The van der Waals surface area contributed by atoms with Crippen LogP contribution in [0.15, 0.2) is 109 Å². The van der Waals surface area contributed by atoms with E-state index in [4.69, 9.17) is 14.2 Å². The third kappa shape index (κ3) is 8.96.